The molecule has 0 radical (unpaired) electrons. The predicted octanol–water partition coefficient (Wildman–Crippen LogP) is 5.04. The molecular formula is C23H24N3O8P. The van der Waals surface area contributed by atoms with E-state index in [4.69, 9.17) is 9.05 Å². The molecule has 0 aliphatic carbocycles. The van der Waals surface area contributed by atoms with Gasteiger partial charge < -0.3 is 0 Å². The van der Waals surface area contributed by atoms with Gasteiger partial charge in [-0.25, -0.2) is 4.57 Å². The Labute approximate surface area is 201 Å². The highest BCUT2D eigenvalue weighted by molar-refractivity contribution is 7.51. The summed E-state index contributed by atoms with van der Waals surface area (Å²) in [7, 11) is -3.73. The second kappa shape index (κ2) is 11.3. The van der Waals surface area contributed by atoms with Gasteiger partial charge >= 0.3 is 7.75 Å². The van der Waals surface area contributed by atoms with E-state index in [2.05, 4.69) is 0 Å². The molecule has 2 aromatic rings. The average Bonchev–Trinajstić information content (AvgIpc) is 2.82. The van der Waals surface area contributed by atoms with E-state index in [1.165, 1.54) is 53.2 Å². The van der Waals surface area contributed by atoms with Crippen LogP contribution in [0.1, 0.15) is 25.0 Å². The number of hydrogen-bond donors (Lipinski definition) is 0. The molecule has 1 heterocycles. The molecule has 1 saturated heterocycles. The average molecular weight is 501 g/mol. The van der Waals surface area contributed by atoms with Crippen LogP contribution in [0, 0.1) is 20.2 Å². The van der Waals surface area contributed by atoms with Gasteiger partial charge in [-0.3, -0.25) is 34.1 Å². The number of nitrogens with zero attached hydrogens (tertiary/aromatic N) is 3. The van der Waals surface area contributed by atoms with Crippen molar-refractivity contribution >= 4 is 37.1 Å². The maximum absolute atomic E-state index is 13.5. The molecule has 1 aliphatic rings. The Morgan fingerprint density at radius 1 is 0.829 bits per heavy atom. The van der Waals surface area contributed by atoms with E-state index in [0.29, 0.717) is 11.1 Å². The monoisotopic (exact) mass is 501 g/mol. The Kier molecular flexibility index (Phi) is 8.42. The maximum Gasteiger partial charge on any atom is 0.408 e. The highest BCUT2D eigenvalue weighted by atomic mass is 31.2. The smallest absolute Gasteiger partial charge is 0.297 e. The van der Waals surface area contributed by atoms with Gasteiger partial charge in [0.1, 0.15) is 0 Å². The highest BCUT2D eigenvalue weighted by Crippen LogP contribution is 2.53. The van der Waals surface area contributed by atoms with Gasteiger partial charge in [-0.1, -0.05) is 0 Å². The highest BCUT2D eigenvalue weighted by Gasteiger charge is 2.39. The van der Waals surface area contributed by atoms with Gasteiger partial charge in [-0.15, -0.1) is 0 Å². The van der Waals surface area contributed by atoms with Crippen molar-refractivity contribution < 1.29 is 28.3 Å². The van der Waals surface area contributed by atoms with Crippen LogP contribution in [-0.2, 0) is 18.4 Å². The Hall–Kier alpha value is -3.50. The fraction of sp³-hybridized carbons (Fsp3) is 0.261. The lowest BCUT2D eigenvalue weighted by atomic mass is 9.95. The van der Waals surface area contributed by atoms with Crippen molar-refractivity contribution in [2.24, 2.45) is 0 Å². The molecule has 0 unspecified atom stereocenters. The number of ketones is 1. The molecule has 12 heteroatoms. The van der Waals surface area contributed by atoms with Gasteiger partial charge in [0.15, 0.2) is 5.78 Å². The maximum atomic E-state index is 13.5. The minimum atomic E-state index is -3.73. The number of carbonyl (C=O) groups excluding carboxylic acids is 1. The van der Waals surface area contributed by atoms with Crippen LogP contribution in [0.3, 0.4) is 0 Å². The van der Waals surface area contributed by atoms with Crippen LogP contribution in [0.15, 0.2) is 59.7 Å². The molecule has 184 valence electrons. The summed E-state index contributed by atoms with van der Waals surface area (Å²) in [6.45, 7) is 3.58. The summed E-state index contributed by atoms with van der Waals surface area (Å²) in [5, 5.41) is 21.9. The van der Waals surface area contributed by atoms with Crippen LogP contribution in [0.2, 0.25) is 0 Å². The largest absolute Gasteiger partial charge is 0.408 e. The molecule has 0 amide bonds. The van der Waals surface area contributed by atoms with Gasteiger partial charge in [0.05, 0.1) is 23.1 Å². The summed E-state index contributed by atoms with van der Waals surface area (Å²) in [5.41, 5.74) is 1.52. The van der Waals surface area contributed by atoms with E-state index in [9.17, 15) is 29.6 Å². The number of carbonyl (C=O) groups is 1. The molecule has 0 aromatic heterocycles. The molecule has 1 aliphatic heterocycles. The zero-order valence-electron chi connectivity index (χ0n) is 19.2. The summed E-state index contributed by atoms with van der Waals surface area (Å²) in [6.07, 6.45) is 3.15. The lowest BCUT2D eigenvalue weighted by molar-refractivity contribution is -0.385. The number of nitro groups is 2. The first-order valence-electron chi connectivity index (χ1n) is 10.8. The summed E-state index contributed by atoms with van der Waals surface area (Å²) >= 11 is 0. The van der Waals surface area contributed by atoms with Gasteiger partial charge in [0.2, 0.25) is 0 Å². The Bertz CT molecular complexity index is 1130. The van der Waals surface area contributed by atoms with Crippen LogP contribution in [0.4, 0.5) is 11.4 Å². The van der Waals surface area contributed by atoms with Crippen molar-refractivity contribution in [2.75, 3.05) is 26.3 Å². The number of hydrogen-bond acceptors (Lipinski definition) is 8. The van der Waals surface area contributed by atoms with Crippen molar-refractivity contribution in [3.63, 3.8) is 0 Å². The molecule has 3 rings (SSSR count). The first-order valence-corrected chi connectivity index (χ1v) is 12.3. The van der Waals surface area contributed by atoms with Crippen LogP contribution >= 0.6 is 7.75 Å². The Balaban J connectivity index is 2.03. The van der Waals surface area contributed by atoms with Gasteiger partial charge in [0.25, 0.3) is 11.4 Å². The molecule has 35 heavy (non-hydrogen) atoms. The standard InChI is InChI=1S/C23H24N3O8P/c1-3-33-35(32,34-4-2)24-15-19(13-17-5-9-21(10-6-17)25(28)29)23(27)20(16-24)14-18-7-11-22(12-8-18)26(30)31/h5-14H,3-4,15-16H2,1-2H3/b19-13+,20-14+. The van der Waals surface area contributed by atoms with E-state index in [0.717, 1.165) is 0 Å². The van der Waals surface area contributed by atoms with Gasteiger partial charge in [-0.2, -0.15) is 4.67 Å². The fourth-order valence-electron chi connectivity index (χ4n) is 3.51. The molecule has 0 saturated carbocycles. The van der Waals surface area contributed by atoms with E-state index >= 15 is 0 Å². The number of benzene rings is 2. The third-order valence-corrected chi connectivity index (χ3v) is 7.25. The minimum Gasteiger partial charge on any atom is -0.297 e. The molecule has 1 fully saturated rings. The quantitative estimate of drug-likeness (QED) is 0.200. The molecule has 0 bridgehead atoms. The van der Waals surface area contributed by atoms with Crippen molar-refractivity contribution in [3.8, 4) is 0 Å². The zero-order chi connectivity index (χ0) is 25.6. The van der Waals surface area contributed by atoms with E-state index in [-0.39, 0.29) is 54.6 Å². The van der Waals surface area contributed by atoms with Crippen LogP contribution < -0.4 is 0 Å². The Morgan fingerprint density at radius 2 is 1.20 bits per heavy atom. The first kappa shape index (κ1) is 26.1. The van der Waals surface area contributed by atoms with Crippen molar-refractivity contribution in [2.45, 2.75) is 13.8 Å². The zero-order valence-corrected chi connectivity index (χ0v) is 20.1. The SMILES string of the molecule is CCOP(=O)(OCC)N1C/C(=C\c2ccc([N+](=O)[O-])cc2)C(=O)/C(=C/c2ccc([N+](=O)[O-])cc2)C1. The molecule has 0 spiro atoms. The lowest BCUT2D eigenvalue weighted by Gasteiger charge is -2.34. The van der Waals surface area contributed by atoms with Gasteiger partial charge in [0, 0.05) is 48.5 Å². The van der Waals surface area contributed by atoms with Crippen molar-refractivity contribution in [3.05, 3.63) is 91.0 Å². The van der Waals surface area contributed by atoms with Crippen molar-refractivity contribution in [1.29, 1.82) is 0 Å². The number of piperidine rings is 1. The first-order chi connectivity index (χ1) is 16.7. The Morgan fingerprint density at radius 3 is 1.51 bits per heavy atom. The molecule has 2 aromatic carbocycles. The molecule has 0 atom stereocenters. The van der Waals surface area contributed by atoms with Crippen LogP contribution in [0.25, 0.3) is 12.2 Å². The van der Waals surface area contributed by atoms with Crippen LogP contribution in [-0.4, -0.2) is 46.6 Å². The molecular weight excluding hydrogens is 477 g/mol. The van der Waals surface area contributed by atoms with E-state index < -0.39 is 17.6 Å². The lowest BCUT2D eigenvalue weighted by Crippen LogP contribution is -2.36. The normalized spacial score (nSPS) is 17.1. The summed E-state index contributed by atoms with van der Waals surface area (Å²) in [4.78, 5) is 34.1. The summed E-state index contributed by atoms with van der Waals surface area (Å²) in [5.74, 6) is -0.308. The topological polar surface area (TPSA) is 142 Å². The third-order valence-electron chi connectivity index (χ3n) is 5.11. The predicted molar refractivity (Wildman–Crippen MR) is 130 cm³/mol. The summed E-state index contributed by atoms with van der Waals surface area (Å²) < 4.78 is 25.9. The van der Waals surface area contributed by atoms with Crippen molar-refractivity contribution in [1.82, 2.24) is 4.67 Å². The third kappa shape index (κ3) is 6.34. The summed E-state index contributed by atoms with van der Waals surface area (Å²) in [6, 6.07) is 11.4. The molecule has 11 nitrogen and oxygen atoms in total. The van der Waals surface area contributed by atoms with E-state index in [1.54, 1.807) is 26.0 Å². The number of non-ortho nitro benzene ring substituents is 2. The number of nitro benzene ring substituents is 2. The van der Waals surface area contributed by atoms with Gasteiger partial charge in [-0.05, 0) is 61.4 Å². The van der Waals surface area contributed by atoms with Crippen LogP contribution in [0.5, 0.6) is 0 Å². The number of Topliss-reactive ketones (excluding diaryl/α,β-unsaturated/α-hetero) is 1. The van der Waals surface area contributed by atoms with E-state index in [1.807, 2.05) is 0 Å². The second-order valence-electron chi connectivity index (χ2n) is 7.49. The minimum absolute atomic E-state index is 0.0231. The second-order valence-corrected chi connectivity index (χ2v) is 9.51. The number of rotatable bonds is 9. The fourth-order valence-corrected chi connectivity index (χ4v) is 5.21. The molecule has 0 N–H and O–H groups in total.